The zero-order chi connectivity index (χ0) is 17.8. The zero-order valence-corrected chi connectivity index (χ0v) is 14.2. The lowest BCUT2D eigenvalue weighted by Gasteiger charge is -2.06. The van der Waals surface area contributed by atoms with Crippen LogP contribution in [0.15, 0.2) is 67.0 Å². The van der Waals surface area contributed by atoms with Crippen LogP contribution in [0.3, 0.4) is 0 Å². The Kier molecular flexibility index (Phi) is 4.47. The molecule has 6 heteroatoms. The number of amides is 1. The van der Waals surface area contributed by atoms with Gasteiger partial charge in [-0.3, -0.25) is 9.48 Å². The zero-order valence-electron chi connectivity index (χ0n) is 14.2. The first-order valence-corrected chi connectivity index (χ1v) is 8.56. The van der Waals surface area contributed by atoms with Gasteiger partial charge in [0.1, 0.15) is 5.82 Å². The quantitative estimate of drug-likeness (QED) is 0.564. The molecule has 2 aromatic carbocycles. The van der Waals surface area contributed by atoms with E-state index in [1.54, 1.807) is 6.20 Å². The van der Waals surface area contributed by atoms with Crippen LogP contribution in [0.5, 0.6) is 0 Å². The van der Waals surface area contributed by atoms with Crippen LogP contribution in [-0.2, 0) is 13.0 Å². The Morgan fingerprint density at radius 1 is 1.08 bits per heavy atom. The van der Waals surface area contributed by atoms with Gasteiger partial charge in [-0.2, -0.15) is 5.10 Å². The van der Waals surface area contributed by atoms with Crippen LogP contribution in [0.25, 0.3) is 11.0 Å². The van der Waals surface area contributed by atoms with Crippen LogP contribution in [-0.4, -0.2) is 32.2 Å². The number of para-hydroxylation sites is 2. The Morgan fingerprint density at radius 2 is 1.92 bits per heavy atom. The van der Waals surface area contributed by atoms with Crippen molar-refractivity contribution in [3.63, 3.8) is 0 Å². The maximum absolute atomic E-state index is 12.3. The number of benzene rings is 2. The minimum absolute atomic E-state index is 0.0771. The molecule has 0 aliphatic rings. The monoisotopic (exact) mass is 345 g/mol. The van der Waals surface area contributed by atoms with E-state index < -0.39 is 0 Å². The topological polar surface area (TPSA) is 75.6 Å². The molecule has 2 aromatic heterocycles. The van der Waals surface area contributed by atoms with Crippen molar-refractivity contribution < 1.29 is 4.79 Å². The van der Waals surface area contributed by atoms with Gasteiger partial charge in [0, 0.05) is 30.9 Å². The lowest BCUT2D eigenvalue weighted by Crippen LogP contribution is -2.25. The van der Waals surface area contributed by atoms with Gasteiger partial charge < -0.3 is 10.3 Å². The minimum Gasteiger partial charge on any atom is -0.352 e. The second-order valence-electron chi connectivity index (χ2n) is 6.11. The highest BCUT2D eigenvalue weighted by Crippen LogP contribution is 2.10. The van der Waals surface area contributed by atoms with Crippen molar-refractivity contribution in [2.45, 2.75) is 13.0 Å². The van der Waals surface area contributed by atoms with Gasteiger partial charge in [0.25, 0.3) is 5.91 Å². The van der Waals surface area contributed by atoms with Crippen LogP contribution in [0, 0.1) is 0 Å². The first-order valence-electron chi connectivity index (χ1n) is 8.56. The average molecular weight is 345 g/mol. The van der Waals surface area contributed by atoms with Crippen LogP contribution in [0.2, 0.25) is 0 Å². The molecule has 0 radical (unpaired) electrons. The number of fused-ring (bicyclic) bond motifs is 1. The molecular weight excluding hydrogens is 326 g/mol. The fourth-order valence-corrected chi connectivity index (χ4v) is 2.86. The second-order valence-corrected chi connectivity index (χ2v) is 6.11. The van der Waals surface area contributed by atoms with Crippen molar-refractivity contribution in [1.82, 2.24) is 25.1 Å². The predicted octanol–water partition coefficient (Wildman–Crippen LogP) is 2.78. The van der Waals surface area contributed by atoms with Gasteiger partial charge in [0.2, 0.25) is 0 Å². The van der Waals surface area contributed by atoms with E-state index in [1.807, 2.05) is 65.5 Å². The van der Waals surface area contributed by atoms with E-state index in [1.165, 1.54) is 0 Å². The normalized spacial score (nSPS) is 10.9. The van der Waals surface area contributed by atoms with Crippen molar-refractivity contribution in [1.29, 1.82) is 0 Å². The Morgan fingerprint density at radius 3 is 2.69 bits per heavy atom. The fourth-order valence-electron chi connectivity index (χ4n) is 2.86. The van der Waals surface area contributed by atoms with E-state index in [-0.39, 0.29) is 5.91 Å². The van der Waals surface area contributed by atoms with E-state index in [9.17, 15) is 4.79 Å². The number of nitrogens with zero attached hydrogens (tertiary/aromatic N) is 3. The smallest absolute Gasteiger partial charge is 0.251 e. The van der Waals surface area contributed by atoms with E-state index in [0.29, 0.717) is 25.1 Å². The first-order chi connectivity index (χ1) is 12.8. The summed E-state index contributed by atoms with van der Waals surface area (Å²) in [6.45, 7) is 1.23. The van der Waals surface area contributed by atoms with E-state index >= 15 is 0 Å². The largest absolute Gasteiger partial charge is 0.352 e. The molecule has 1 amide bonds. The number of hydrogen-bond donors (Lipinski definition) is 2. The van der Waals surface area contributed by atoms with Crippen molar-refractivity contribution in [3.05, 3.63) is 83.9 Å². The summed E-state index contributed by atoms with van der Waals surface area (Å²) in [5, 5.41) is 7.12. The molecule has 0 saturated heterocycles. The Bertz CT molecular complexity index is 969. The first kappa shape index (κ1) is 16.1. The van der Waals surface area contributed by atoms with Gasteiger partial charge in [0.05, 0.1) is 17.6 Å². The molecule has 2 N–H and O–H groups in total. The lowest BCUT2D eigenvalue weighted by atomic mass is 10.1. The van der Waals surface area contributed by atoms with Gasteiger partial charge in [-0.25, -0.2) is 4.98 Å². The number of carbonyl (C=O) groups excluding carboxylic acids is 1. The molecule has 0 spiro atoms. The molecule has 0 bridgehead atoms. The molecule has 0 aliphatic heterocycles. The van der Waals surface area contributed by atoms with Gasteiger partial charge in [0.15, 0.2) is 0 Å². The highest BCUT2D eigenvalue weighted by molar-refractivity contribution is 5.94. The van der Waals surface area contributed by atoms with Crippen molar-refractivity contribution >= 4 is 16.9 Å². The summed E-state index contributed by atoms with van der Waals surface area (Å²) >= 11 is 0. The molecule has 130 valence electrons. The SMILES string of the molecule is O=C(NCCc1nc2ccccc2[nH]1)c1ccc(Cn2cccn2)cc1. The molecule has 26 heavy (non-hydrogen) atoms. The Balaban J connectivity index is 1.31. The molecule has 2 heterocycles. The lowest BCUT2D eigenvalue weighted by molar-refractivity contribution is 0.0954. The molecule has 4 aromatic rings. The van der Waals surface area contributed by atoms with E-state index in [2.05, 4.69) is 20.4 Å². The van der Waals surface area contributed by atoms with Crippen LogP contribution in [0.4, 0.5) is 0 Å². The molecule has 6 nitrogen and oxygen atoms in total. The van der Waals surface area contributed by atoms with Crippen LogP contribution in [0.1, 0.15) is 21.7 Å². The molecule has 0 saturated carbocycles. The molecular formula is C20H19N5O. The van der Waals surface area contributed by atoms with Crippen LogP contribution < -0.4 is 5.32 Å². The average Bonchev–Trinajstić information content (AvgIpc) is 3.31. The Labute approximate surface area is 150 Å². The molecule has 0 fully saturated rings. The van der Waals surface area contributed by atoms with E-state index in [4.69, 9.17) is 0 Å². The number of imidazole rings is 1. The second kappa shape index (κ2) is 7.23. The Hall–Kier alpha value is -3.41. The number of H-pyrrole nitrogens is 1. The number of rotatable bonds is 6. The molecule has 0 aliphatic carbocycles. The van der Waals surface area contributed by atoms with Gasteiger partial charge in [-0.15, -0.1) is 0 Å². The molecule has 4 rings (SSSR count). The maximum atomic E-state index is 12.3. The minimum atomic E-state index is -0.0771. The summed E-state index contributed by atoms with van der Waals surface area (Å²) in [5.41, 5.74) is 3.72. The number of nitrogens with one attached hydrogen (secondary N) is 2. The third-order valence-electron chi connectivity index (χ3n) is 4.21. The number of hydrogen-bond acceptors (Lipinski definition) is 3. The third kappa shape index (κ3) is 3.64. The predicted molar refractivity (Wildman–Crippen MR) is 99.9 cm³/mol. The summed E-state index contributed by atoms with van der Waals surface area (Å²) < 4.78 is 1.85. The third-order valence-corrected chi connectivity index (χ3v) is 4.21. The van der Waals surface area contributed by atoms with Crippen LogP contribution >= 0.6 is 0 Å². The highest BCUT2D eigenvalue weighted by atomic mass is 16.1. The van der Waals surface area contributed by atoms with Gasteiger partial charge in [-0.05, 0) is 35.9 Å². The van der Waals surface area contributed by atoms with Gasteiger partial charge in [-0.1, -0.05) is 24.3 Å². The molecule has 0 atom stereocenters. The number of aromatic nitrogens is 4. The highest BCUT2D eigenvalue weighted by Gasteiger charge is 2.07. The summed E-state index contributed by atoms with van der Waals surface area (Å²) in [6.07, 6.45) is 4.33. The maximum Gasteiger partial charge on any atom is 0.251 e. The fraction of sp³-hybridized carbons (Fsp3) is 0.150. The standard InChI is InChI=1S/C20H19N5O/c26-20(16-8-6-15(7-9-16)14-25-13-3-11-22-25)21-12-10-19-23-17-4-1-2-5-18(17)24-19/h1-9,11,13H,10,12,14H2,(H,21,26)(H,23,24). The molecule has 0 unspecified atom stereocenters. The summed E-state index contributed by atoms with van der Waals surface area (Å²) in [4.78, 5) is 20.1. The van der Waals surface area contributed by atoms with E-state index in [0.717, 1.165) is 22.4 Å². The number of aromatic amines is 1. The number of carbonyl (C=O) groups is 1. The summed E-state index contributed by atoms with van der Waals surface area (Å²) in [7, 11) is 0. The van der Waals surface area contributed by atoms with Gasteiger partial charge >= 0.3 is 0 Å². The summed E-state index contributed by atoms with van der Waals surface area (Å²) in [6, 6.07) is 17.4. The van der Waals surface area contributed by atoms with Crippen molar-refractivity contribution in [2.24, 2.45) is 0 Å². The summed E-state index contributed by atoms with van der Waals surface area (Å²) in [5.74, 6) is 0.799. The van der Waals surface area contributed by atoms with Crippen molar-refractivity contribution in [2.75, 3.05) is 6.54 Å². The van der Waals surface area contributed by atoms with Crippen molar-refractivity contribution in [3.8, 4) is 0 Å².